The lowest BCUT2D eigenvalue weighted by molar-refractivity contribution is 0.411. The van der Waals surface area contributed by atoms with Crippen molar-refractivity contribution < 1.29 is 5.11 Å². The van der Waals surface area contributed by atoms with Crippen LogP contribution in [0.2, 0.25) is 0 Å². The zero-order valence-electron chi connectivity index (χ0n) is 22.7. The Morgan fingerprint density at radius 2 is 1.63 bits per heavy atom. The van der Waals surface area contributed by atoms with Crippen molar-refractivity contribution in [3.05, 3.63) is 65.4 Å². The number of phenols is 1. The van der Waals surface area contributed by atoms with Crippen LogP contribution < -0.4 is 0 Å². The van der Waals surface area contributed by atoms with E-state index < -0.39 is 0 Å². The number of aromatic nitrogens is 2. The molecule has 1 N–H and O–H groups in total. The van der Waals surface area contributed by atoms with Gasteiger partial charge in [-0.2, -0.15) is 0 Å². The minimum Gasteiger partial charge on any atom is -0.508 e. The Labute approximate surface area is 211 Å². The SMILES string of the molecule is CCCCCCc1ccc2c(c1)c1c(CC(C)(C)C)cc(O)cc1n2-c1cc(C(C)(C)C)ccn1. The summed E-state index contributed by atoms with van der Waals surface area (Å²) in [5.41, 5.74) is 6.15. The molecule has 186 valence electrons. The van der Waals surface area contributed by atoms with Crippen LogP contribution in [0.4, 0.5) is 0 Å². The van der Waals surface area contributed by atoms with Crippen LogP contribution in [0.3, 0.4) is 0 Å². The highest BCUT2D eigenvalue weighted by Crippen LogP contribution is 2.39. The number of pyridine rings is 1. The molecule has 0 radical (unpaired) electrons. The molecule has 2 aromatic carbocycles. The Kier molecular flexibility index (Phi) is 6.99. The number of unbranched alkanes of at least 4 members (excludes halogenated alkanes) is 3. The minimum absolute atomic E-state index is 0.0294. The van der Waals surface area contributed by atoms with Gasteiger partial charge in [0.1, 0.15) is 11.6 Å². The first-order valence-electron chi connectivity index (χ1n) is 13.2. The van der Waals surface area contributed by atoms with Crippen molar-refractivity contribution in [3.63, 3.8) is 0 Å². The number of fused-ring (bicyclic) bond motifs is 3. The van der Waals surface area contributed by atoms with Crippen molar-refractivity contribution >= 4 is 21.8 Å². The predicted molar refractivity (Wildman–Crippen MR) is 150 cm³/mol. The molecule has 0 saturated heterocycles. The summed E-state index contributed by atoms with van der Waals surface area (Å²) in [7, 11) is 0. The molecule has 0 amide bonds. The van der Waals surface area contributed by atoms with Crippen LogP contribution in [0.5, 0.6) is 5.75 Å². The van der Waals surface area contributed by atoms with E-state index in [-0.39, 0.29) is 10.8 Å². The lowest BCUT2D eigenvalue weighted by Crippen LogP contribution is -2.12. The van der Waals surface area contributed by atoms with Crippen molar-refractivity contribution in [1.82, 2.24) is 9.55 Å². The Morgan fingerprint density at radius 1 is 0.857 bits per heavy atom. The number of aryl methyl sites for hydroxylation is 1. The Hall–Kier alpha value is -2.81. The van der Waals surface area contributed by atoms with Gasteiger partial charge in [0.05, 0.1) is 11.0 Å². The van der Waals surface area contributed by atoms with E-state index in [1.807, 2.05) is 18.3 Å². The molecule has 0 unspecified atom stereocenters. The van der Waals surface area contributed by atoms with E-state index in [1.54, 1.807) is 0 Å². The largest absolute Gasteiger partial charge is 0.508 e. The Balaban J connectivity index is 1.98. The summed E-state index contributed by atoms with van der Waals surface area (Å²) >= 11 is 0. The number of nitrogens with zero attached hydrogens (tertiary/aromatic N) is 2. The molecule has 0 bridgehead atoms. The van der Waals surface area contributed by atoms with Gasteiger partial charge in [-0.25, -0.2) is 4.98 Å². The van der Waals surface area contributed by atoms with Gasteiger partial charge in [-0.05, 0) is 77.1 Å². The number of rotatable bonds is 7. The molecule has 3 nitrogen and oxygen atoms in total. The molecule has 4 aromatic rings. The van der Waals surface area contributed by atoms with Gasteiger partial charge in [0.25, 0.3) is 0 Å². The van der Waals surface area contributed by atoms with Crippen LogP contribution >= 0.6 is 0 Å². The predicted octanol–water partition coefficient (Wildman–Crippen LogP) is 8.89. The van der Waals surface area contributed by atoms with Crippen molar-refractivity contribution in [2.24, 2.45) is 5.41 Å². The molecule has 3 heteroatoms. The fourth-order valence-electron chi connectivity index (χ4n) is 5.14. The summed E-state index contributed by atoms with van der Waals surface area (Å²) in [6.45, 7) is 15.7. The van der Waals surface area contributed by atoms with Crippen molar-refractivity contribution in [3.8, 4) is 11.6 Å². The van der Waals surface area contributed by atoms with E-state index in [0.29, 0.717) is 5.75 Å². The summed E-state index contributed by atoms with van der Waals surface area (Å²) in [5, 5.41) is 13.3. The van der Waals surface area contributed by atoms with Crippen LogP contribution in [-0.2, 0) is 18.3 Å². The zero-order valence-corrected chi connectivity index (χ0v) is 22.7. The molecule has 4 rings (SSSR count). The number of hydrogen-bond acceptors (Lipinski definition) is 2. The summed E-state index contributed by atoms with van der Waals surface area (Å²) in [5.74, 6) is 1.22. The van der Waals surface area contributed by atoms with E-state index in [4.69, 9.17) is 4.98 Å². The van der Waals surface area contributed by atoms with Gasteiger partial charge in [-0.3, -0.25) is 4.57 Å². The van der Waals surface area contributed by atoms with Crippen molar-refractivity contribution in [1.29, 1.82) is 0 Å². The van der Waals surface area contributed by atoms with E-state index in [1.165, 1.54) is 53.1 Å². The van der Waals surface area contributed by atoms with E-state index in [9.17, 15) is 5.11 Å². The van der Waals surface area contributed by atoms with Crippen LogP contribution in [-0.4, -0.2) is 14.7 Å². The molecular weight excluding hydrogens is 428 g/mol. The quantitative estimate of drug-likeness (QED) is 0.274. The molecule has 0 spiro atoms. The maximum atomic E-state index is 10.8. The second-order valence-corrected chi connectivity index (χ2v) is 12.4. The van der Waals surface area contributed by atoms with Crippen LogP contribution in [0.1, 0.15) is 90.8 Å². The number of benzene rings is 2. The first-order chi connectivity index (χ1) is 16.5. The number of phenolic OH excluding ortho intramolecular Hbond substituents is 1. The lowest BCUT2D eigenvalue weighted by Gasteiger charge is -2.20. The molecule has 2 heterocycles. The van der Waals surface area contributed by atoms with Crippen LogP contribution in [0, 0.1) is 5.41 Å². The fraction of sp³-hybridized carbons (Fsp3) is 0.469. The third-order valence-corrected chi connectivity index (χ3v) is 6.88. The Morgan fingerprint density at radius 3 is 2.31 bits per heavy atom. The van der Waals surface area contributed by atoms with Gasteiger partial charge in [0.15, 0.2) is 0 Å². The van der Waals surface area contributed by atoms with Gasteiger partial charge in [-0.15, -0.1) is 0 Å². The van der Waals surface area contributed by atoms with Gasteiger partial charge < -0.3 is 5.11 Å². The maximum absolute atomic E-state index is 10.8. The van der Waals surface area contributed by atoms with Gasteiger partial charge in [0.2, 0.25) is 0 Å². The fourth-order valence-corrected chi connectivity index (χ4v) is 5.14. The topological polar surface area (TPSA) is 38.0 Å². The minimum atomic E-state index is 0.0294. The van der Waals surface area contributed by atoms with Crippen molar-refractivity contribution in [2.75, 3.05) is 0 Å². The highest BCUT2D eigenvalue weighted by Gasteiger charge is 2.22. The average molecular weight is 471 g/mol. The third kappa shape index (κ3) is 5.55. The third-order valence-electron chi connectivity index (χ3n) is 6.88. The standard InChI is InChI=1S/C32H42N2O/c1-8-9-10-11-12-22-13-14-27-26(17-22)30-23(21-31(2,3)4)18-25(35)20-28(30)34(27)29-19-24(15-16-33-29)32(5,6)7/h13-20,35H,8-12,21H2,1-7H3. The average Bonchev–Trinajstić information content (AvgIpc) is 3.08. The van der Waals surface area contributed by atoms with Crippen LogP contribution in [0.15, 0.2) is 48.7 Å². The molecule has 2 aromatic heterocycles. The molecule has 0 fully saturated rings. The molecule has 35 heavy (non-hydrogen) atoms. The lowest BCUT2D eigenvalue weighted by atomic mass is 9.86. The van der Waals surface area contributed by atoms with E-state index in [0.717, 1.165) is 29.7 Å². The highest BCUT2D eigenvalue weighted by atomic mass is 16.3. The highest BCUT2D eigenvalue weighted by molar-refractivity contribution is 6.11. The van der Waals surface area contributed by atoms with E-state index >= 15 is 0 Å². The molecule has 0 atom stereocenters. The smallest absolute Gasteiger partial charge is 0.137 e. The van der Waals surface area contributed by atoms with Gasteiger partial charge >= 0.3 is 0 Å². The second-order valence-electron chi connectivity index (χ2n) is 12.4. The molecule has 0 aliphatic carbocycles. The number of aromatic hydroxyl groups is 1. The first-order valence-corrected chi connectivity index (χ1v) is 13.2. The monoisotopic (exact) mass is 470 g/mol. The summed E-state index contributed by atoms with van der Waals surface area (Å²) in [6, 6.07) is 15.1. The zero-order chi connectivity index (χ0) is 25.4. The summed E-state index contributed by atoms with van der Waals surface area (Å²) < 4.78 is 2.24. The second kappa shape index (κ2) is 9.68. The summed E-state index contributed by atoms with van der Waals surface area (Å²) in [4.78, 5) is 4.80. The Bertz CT molecular complexity index is 1330. The normalized spacial score (nSPS) is 12.7. The molecule has 0 aliphatic heterocycles. The molecular formula is C32H42N2O. The first kappa shape index (κ1) is 25.3. The van der Waals surface area contributed by atoms with Crippen LogP contribution in [0.25, 0.3) is 27.6 Å². The van der Waals surface area contributed by atoms with Gasteiger partial charge in [0, 0.05) is 23.0 Å². The van der Waals surface area contributed by atoms with Crippen molar-refractivity contribution in [2.45, 2.75) is 92.4 Å². The number of hydrogen-bond donors (Lipinski definition) is 1. The molecule has 0 aliphatic rings. The van der Waals surface area contributed by atoms with E-state index in [2.05, 4.69) is 83.4 Å². The van der Waals surface area contributed by atoms with Gasteiger partial charge in [-0.1, -0.05) is 73.8 Å². The molecule has 0 saturated carbocycles. The maximum Gasteiger partial charge on any atom is 0.137 e. The summed E-state index contributed by atoms with van der Waals surface area (Å²) in [6.07, 6.45) is 8.97.